The number of thioether (sulfide) groups is 1. The Hall–Kier alpha value is -2.80. The third kappa shape index (κ3) is 6.13. The fraction of sp³-hybridized carbons (Fsp3) is 0.400. The van der Waals surface area contributed by atoms with Crippen LogP contribution in [0, 0.1) is 5.92 Å². The molecule has 0 aliphatic carbocycles. The third-order valence-corrected chi connectivity index (χ3v) is 6.21. The molecule has 1 unspecified atom stereocenters. The number of para-hydroxylation sites is 1. The highest BCUT2D eigenvalue weighted by atomic mass is 32.2. The summed E-state index contributed by atoms with van der Waals surface area (Å²) < 4.78 is 8.04. The SMILES string of the molecule is CCc1ccc(OCc2nnc(SC(C)C(=O)N(C)c3ccccc3)n2CC(C)C)cc1. The summed E-state index contributed by atoms with van der Waals surface area (Å²) in [7, 11) is 1.80. The van der Waals surface area contributed by atoms with Crippen LogP contribution in [0.2, 0.25) is 0 Å². The van der Waals surface area contributed by atoms with Gasteiger partial charge in [-0.2, -0.15) is 0 Å². The average molecular weight is 453 g/mol. The van der Waals surface area contributed by atoms with Crippen molar-refractivity contribution >= 4 is 23.4 Å². The molecule has 32 heavy (non-hydrogen) atoms. The van der Waals surface area contributed by atoms with E-state index in [0.29, 0.717) is 12.5 Å². The van der Waals surface area contributed by atoms with Gasteiger partial charge in [0.2, 0.25) is 5.91 Å². The molecule has 0 saturated carbocycles. The summed E-state index contributed by atoms with van der Waals surface area (Å²) in [5.41, 5.74) is 2.15. The minimum Gasteiger partial charge on any atom is -0.486 e. The molecule has 170 valence electrons. The lowest BCUT2D eigenvalue weighted by atomic mass is 10.2. The van der Waals surface area contributed by atoms with E-state index in [4.69, 9.17) is 4.74 Å². The van der Waals surface area contributed by atoms with Crippen LogP contribution in [0.3, 0.4) is 0 Å². The summed E-state index contributed by atoms with van der Waals surface area (Å²) in [4.78, 5) is 14.7. The van der Waals surface area contributed by atoms with E-state index < -0.39 is 0 Å². The van der Waals surface area contributed by atoms with Crippen LogP contribution in [0.4, 0.5) is 5.69 Å². The van der Waals surface area contributed by atoms with Gasteiger partial charge in [-0.3, -0.25) is 4.79 Å². The quantitative estimate of drug-likeness (QED) is 0.395. The molecule has 0 radical (unpaired) electrons. The minimum absolute atomic E-state index is 0.0223. The van der Waals surface area contributed by atoms with E-state index in [2.05, 4.69) is 47.7 Å². The number of amides is 1. The highest BCUT2D eigenvalue weighted by Gasteiger charge is 2.24. The van der Waals surface area contributed by atoms with E-state index in [1.807, 2.05) is 49.4 Å². The van der Waals surface area contributed by atoms with Crippen molar-refractivity contribution < 1.29 is 9.53 Å². The predicted octanol–water partition coefficient (Wildman–Crippen LogP) is 5.22. The number of carbonyl (C=O) groups is 1. The molecule has 1 aromatic heterocycles. The summed E-state index contributed by atoms with van der Waals surface area (Å²) in [6.07, 6.45) is 1.000. The summed E-state index contributed by atoms with van der Waals surface area (Å²) in [5, 5.41) is 9.20. The zero-order chi connectivity index (χ0) is 23.1. The fourth-order valence-corrected chi connectivity index (χ4v) is 4.26. The summed E-state index contributed by atoms with van der Waals surface area (Å²) >= 11 is 1.43. The Morgan fingerprint density at radius 2 is 1.75 bits per heavy atom. The smallest absolute Gasteiger partial charge is 0.240 e. The number of benzene rings is 2. The van der Waals surface area contributed by atoms with Gasteiger partial charge in [-0.15, -0.1) is 10.2 Å². The number of rotatable bonds is 10. The first-order chi connectivity index (χ1) is 15.4. The molecule has 0 aliphatic rings. The Labute approximate surface area is 195 Å². The second kappa shape index (κ2) is 11.2. The van der Waals surface area contributed by atoms with Crippen molar-refractivity contribution in [2.24, 2.45) is 5.92 Å². The van der Waals surface area contributed by atoms with Gasteiger partial charge in [0.1, 0.15) is 12.4 Å². The molecular weight excluding hydrogens is 420 g/mol. The lowest BCUT2D eigenvalue weighted by molar-refractivity contribution is -0.117. The van der Waals surface area contributed by atoms with Crippen LogP contribution in [0.1, 0.15) is 39.1 Å². The first kappa shape index (κ1) is 23.9. The molecule has 0 fully saturated rings. The van der Waals surface area contributed by atoms with Crippen molar-refractivity contribution in [2.75, 3.05) is 11.9 Å². The molecule has 1 atom stereocenters. The number of aromatic nitrogens is 3. The van der Waals surface area contributed by atoms with Crippen LogP contribution in [0.5, 0.6) is 5.75 Å². The highest BCUT2D eigenvalue weighted by molar-refractivity contribution is 8.00. The molecule has 0 aliphatic heterocycles. The van der Waals surface area contributed by atoms with E-state index in [0.717, 1.165) is 35.4 Å². The maximum absolute atomic E-state index is 13.0. The molecule has 1 heterocycles. The lowest BCUT2D eigenvalue weighted by Crippen LogP contribution is -2.33. The average Bonchev–Trinajstić information content (AvgIpc) is 3.17. The van der Waals surface area contributed by atoms with Gasteiger partial charge in [0.15, 0.2) is 11.0 Å². The summed E-state index contributed by atoms with van der Waals surface area (Å²) in [5.74, 6) is 2.00. The zero-order valence-corrected chi connectivity index (χ0v) is 20.3. The van der Waals surface area contributed by atoms with Crippen LogP contribution in [0.25, 0.3) is 0 Å². The first-order valence-corrected chi connectivity index (χ1v) is 11.9. The number of aryl methyl sites for hydroxylation is 1. The Morgan fingerprint density at radius 1 is 1.06 bits per heavy atom. The molecule has 0 saturated heterocycles. The standard InChI is InChI=1S/C25H32N4O2S/c1-6-20-12-14-22(15-13-20)31-17-23-26-27-25(29(23)16-18(2)3)32-19(4)24(30)28(5)21-10-8-7-9-11-21/h7-15,18-19H,6,16-17H2,1-5H3. The van der Waals surface area contributed by atoms with Gasteiger partial charge in [0.05, 0.1) is 5.25 Å². The molecule has 2 aromatic carbocycles. The van der Waals surface area contributed by atoms with Gasteiger partial charge in [0.25, 0.3) is 0 Å². The van der Waals surface area contributed by atoms with Crippen molar-refractivity contribution in [3.8, 4) is 5.75 Å². The maximum Gasteiger partial charge on any atom is 0.240 e. The van der Waals surface area contributed by atoms with Gasteiger partial charge >= 0.3 is 0 Å². The molecular formula is C25H32N4O2S. The molecule has 7 heteroatoms. The van der Waals surface area contributed by atoms with Crippen LogP contribution in [-0.4, -0.2) is 33.0 Å². The molecule has 1 amide bonds. The number of anilines is 1. The number of hydrogen-bond acceptors (Lipinski definition) is 5. The van der Waals surface area contributed by atoms with Crippen LogP contribution in [-0.2, 0) is 24.4 Å². The van der Waals surface area contributed by atoms with Crippen LogP contribution < -0.4 is 9.64 Å². The molecule has 3 rings (SSSR count). The maximum atomic E-state index is 13.0. The number of hydrogen-bond donors (Lipinski definition) is 0. The van der Waals surface area contributed by atoms with E-state index >= 15 is 0 Å². The lowest BCUT2D eigenvalue weighted by Gasteiger charge is -2.21. The largest absolute Gasteiger partial charge is 0.486 e. The summed E-state index contributed by atoms with van der Waals surface area (Å²) in [6, 6.07) is 17.8. The van der Waals surface area contributed by atoms with E-state index in [-0.39, 0.29) is 11.2 Å². The number of ether oxygens (including phenoxy) is 1. The van der Waals surface area contributed by atoms with E-state index in [1.165, 1.54) is 17.3 Å². The molecule has 0 N–H and O–H groups in total. The van der Waals surface area contributed by atoms with Crippen molar-refractivity contribution in [1.29, 1.82) is 0 Å². The normalized spacial score (nSPS) is 12.1. The Morgan fingerprint density at radius 3 is 2.38 bits per heavy atom. The molecule has 0 bridgehead atoms. The Kier molecular flexibility index (Phi) is 8.33. The van der Waals surface area contributed by atoms with E-state index in [1.54, 1.807) is 11.9 Å². The highest BCUT2D eigenvalue weighted by Crippen LogP contribution is 2.26. The summed E-state index contributed by atoms with van der Waals surface area (Å²) in [6.45, 7) is 9.44. The van der Waals surface area contributed by atoms with Crippen molar-refractivity contribution in [3.63, 3.8) is 0 Å². The Bertz CT molecular complexity index is 1000. The minimum atomic E-state index is -0.300. The number of carbonyl (C=O) groups excluding carboxylic acids is 1. The second-order valence-electron chi connectivity index (χ2n) is 8.18. The van der Waals surface area contributed by atoms with Crippen molar-refractivity contribution in [2.45, 2.75) is 57.7 Å². The first-order valence-electron chi connectivity index (χ1n) is 11.0. The van der Waals surface area contributed by atoms with Gasteiger partial charge in [0, 0.05) is 19.3 Å². The Balaban J connectivity index is 1.71. The van der Waals surface area contributed by atoms with Crippen molar-refractivity contribution in [3.05, 3.63) is 66.0 Å². The predicted molar refractivity (Wildman–Crippen MR) is 130 cm³/mol. The topological polar surface area (TPSA) is 60.3 Å². The number of nitrogens with zero attached hydrogens (tertiary/aromatic N) is 4. The monoisotopic (exact) mass is 452 g/mol. The van der Waals surface area contributed by atoms with Crippen LogP contribution >= 0.6 is 11.8 Å². The third-order valence-electron chi connectivity index (χ3n) is 5.14. The van der Waals surface area contributed by atoms with Crippen molar-refractivity contribution in [1.82, 2.24) is 14.8 Å². The van der Waals surface area contributed by atoms with E-state index in [9.17, 15) is 4.79 Å². The fourth-order valence-electron chi connectivity index (χ4n) is 3.29. The van der Waals surface area contributed by atoms with Gasteiger partial charge < -0.3 is 14.2 Å². The van der Waals surface area contributed by atoms with Gasteiger partial charge in [-0.1, -0.05) is 62.9 Å². The zero-order valence-electron chi connectivity index (χ0n) is 19.5. The van der Waals surface area contributed by atoms with Gasteiger partial charge in [-0.05, 0) is 49.1 Å². The molecule has 6 nitrogen and oxygen atoms in total. The van der Waals surface area contributed by atoms with Gasteiger partial charge in [-0.25, -0.2) is 0 Å². The van der Waals surface area contributed by atoms with Crippen LogP contribution in [0.15, 0.2) is 59.8 Å². The molecule has 3 aromatic rings. The molecule has 0 spiro atoms. The second-order valence-corrected chi connectivity index (χ2v) is 9.49.